The van der Waals surface area contributed by atoms with Gasteiger partial charge >= 0.3 is 0 Å². The highest BCUT2D eigenvalue weighted by atomic mass is 35.5. The lowest BCUT2D eigenvalue weighted by Crippen LogP contribution is -2.41. The minimum atomic E-state index is -0.700. The number of ether oxygens (including phenoxy) is 4. The van der Waals surface area contributed by atoms with Crippen molar-refractivity contribution in [2.24, 2.45) is 5.73 Å². The topological polar surface area (TPSA) is 138 Å². The number of hydrazine groups is 1. The van der Waals surface area contributed by atoms with Gasteiger partial charge in [0.25, 0.3) is 17.7 Å². The minimum Gasteiger partial charge on any atom is -0.493 e. The number of primary amides is 1. The summed E-state index contributed by atoms with van der Waals surface area (Å²) >= 11 is 6.12. The third-order valence-corrected chi connectivity index (χ3v) is 4.15. The summed E-state index contributed by atoms with van der Waals surface area (Å²) in [6.45, 7) is 1.85. The first-order valence-corrected chi connectivity index (χ1v) is 9.38. The van der Waals surface area contributed by atoms with E-state index in [1.807, 2.05) is 6.92 Å². The van der Waals surface area contributed by atoms with E-state index in [0.717, 1.165) is 0 Å². The molecule has 166 valence electrons. The Morgan fingerprint density at radius 2 is 1.52 bits per heavy atom. The molecule has 11 heteroatoms. The molecule has 0 unspecified atom stereocenters. The molecule has 0 aliphatic rings. The number of rotatable bonds is 9. The van der Waals surface area contributed by atoms with Gasteiger partial charge in [-0.05, 0) is 37.3 Å². The van der Waals surface area contributed by atoms with Crippen molar-refractivity contribution in [2.45, 2.75) is 6.92 Å². The number of amides is 3. The van der Waals surface area contributed by atoms with Crippen LogP contribution in [0, 0.1) is 0 Å². The summed E-state index contributed by atoms with van der Waals surface area (Å²) in [6, 6.07) is 7.23. The molecule has 0 saturated heterocycles. The summed E-state index contributed by atoms with van der Waals surface area (Å²) in [5.41, 5.74) is 9.96. The number of benzene rings is 2. The van der Waals surface area contributed by atoms with Crippen molar-refractivity contribution in [1.29, 1.82) is 0 Å². The van der Waals surface area contributed by atoms with Crippen LogP contribution in [0.2, 0.25) is 5.02 Å². The fraction of sp³-hybridized carbons (Fsp3) is 0.250. The SMILES string of the molecule is CCOc1ccc(C(=O)NNC(=O)c2cc(Cl)c(OCC(N)=O)c(OC)c2)cc1OC. The monoisotopic (exact) mass is 451 g/mol. The van der Waals surface area contributed by atoms with E-state index < -0.39 is 24.3 Å². The Bertz CT molecular complexity index is 981. The van der Waals surface area contributed by atoms with Gasteiger partial charge in [-0.25, -0.2) is 0 Å². The Morgan fingerprint density at radius 1 is 0.903 bits per heavy atom. The van der Waals surface area contributed by atoms with Crippen LogP contribution >= 0.6 is 11.6 Å². The number of halogens is 1. The molecular formula is C20H22ClN3O7. The van der Waals surface area contributed by atoms with Crippen LogP contribution in [0.4, 0.5) is 0 Å². The molecular weight excluding hydrogens is 430 g/mol. The molecule has 0 aliphatic carbocycles. The molecule has 31 heavy (non-hydrogen) atoms. The lowest BCUT2D eigenvalue weighted by molar-refractivity contribution is -0.119. The van der Waals surface area contributed by atoms with Crippen LogP contribution in [0.25, 0.3) is 0 Å². The van der Waals surface area contributed by atoms with Gasteiger partial charge in [-0.3, -0.25) is 25.2 Å². The van der Waals surface area contributed by atoms with Crippen LogP contribution < -0.4 is 35.5 Å². The number of nitrogens with two attached hydrogens (primary N) is 1. The minimum absolute atomic E-state index is 0.0216. The van der Waals surface area contributed by atoms with Crippen LogP contribution in [-0.2, 0) is 4.79 Å². The van der Waals surface area contributed by atoms with E-state index in [0.29, 0.717) is 18.1 Å². The first kappa shape index (κ1) is 23.6. The van der Waals surface area contributed by atoms with E-state index in [1.54, 1.807) is 6.07 Å². The van der Waals surface area contributed by atoms with Gasteiger partial charge in [-0.1, -0.05) is 11.6 Å². The Morgan fingerprint density at radius 3 is 2.10 bits per heavy atom. The van der Waals surface area contributed by atoms with Gasteiger partial charge < -0.3 is 24.7 Å². The summed E-state index contributed by atoms with van der Waals surface area (Å²) in [7, 11) is 2.79. The van der Waals surface area contributed by atoms with E-state index in [4.69, 9.17) is 36.3 Å². The average molecular weight is 452 g/mol. The molecule has 3 amide bonds. The van der Waals surface area contributed by atoms with Crippen molar-refractivity contribution in [3.05, 3.63) is 46.5 Å². The molecule has 4 N–H and O–H groups in total. The van der Waals surface area contributed by atoms with Crippen LogP contribution in [0.3, 0.4) is 0 Å². The predicted octanol–water partition coefficient (Wildman–Crippen LogP) is 1.69. The highest BCUT2D eigenvalue weighted by Crippen LogP contribution is 2.36. The number of carbonyl (C=O) groups is 3. The quantitative estimate of drug-likeness (QED) is 0.493. The Hall–Kier alpha value is -3.66. The smallest absolute Gasteiger partial charge is 0.269 e. The van der Waals surface area contributed by atoms with E-state index in [1.165, 1.54) is 38.5 Å². The fourth-order valence-corrected chi connectivity index (χ4v) is 2.74. The Kier molecular flexibility index (Phi) is 8.33. The van der Waals surface area contributed by atoms with Crippen molar-refractivity contribution < 1.29 is 33.3 Å². The molecule has 0 radical (unpaired) electrons. The molecule has 0 saturated carbocycles. The largest absolute Gasteiger partial charge is 0.493 e. The summed E-state index contributed by atoms with van der Waals surface area (Å²) in [5.74, 6) is -0.892. The molecule has 10 nitrogen and oxygen atoms in total. The molecule has 0 heterocycles. The zero-order valence-electron chi connectivity index (χ0n) is 17.1. The number of hydrogen-bond donors (Lipinski definition) is 3. The first-order chi connectivity index (χ1) is 14.8. The van der Waals surface area contributed by atoms with Crippen molar-refractivity contribution in [3.8, 4) is 23.0 Å². The van der Waals surface area contributed by atoms with Gasteiger partial charge in [0.15, 0.2) is 29.6 Å². The van der Waals surface area contributed by atoms with Gasteiger partial charge in [0.1, 0.15) is 0 Å². The molecule has 0 atom stereocenters. The first-order valence-electron chi connectivity index (χ1n) is 9.00. The maximum absolute atomic E-state index is 12.4. The fourth-order valence-electron chi connectivity index (χ4n) is 2.48. The van der Waals surface area contributed by atoms with E-state index in [9.17, 15) is 14.4 Å². The van der Waals surface area contributed by atoms with E-state index in [2.05, 4.69) is 10.9 Å². The standard InChI is InChI=1S/C20H22ClN3O7/c1-4-30-14-6-5-11(8-15(14)28-2)19(26)23-24-20(27)12-7-13(21)18(16(9-12)29-3)31-10-17(22)25/h5-9H,4,10H2,1-3H3,(H2,22,25)(H,23,26)(H,24,27). The number of nitrogens with one attached hydrogen (secondary N) is 2. The lowest BCUT2D eigenvalue weighted by Gasteiger charge is -2.14. The number of hydrogen-bond acceptors (Lipinski definition) is 7. The van der Waals surface area contributed by atoms with Crippen molar-refractivity contribution in [3.63, 3.8) is 0 Å². The summed E-state index contributed by atoms with van der Waals surface area (Å²) in [5, 5.41) is 0.0216. The van der Waals surface area contributed by atoms with Crippen molar-refractivity contribution in [2.75, 3.05) is 27.4 Å². The van der Waals surface area contributed by atoms with Gasteiger partial charge in [0.05, 0.1) is 25.8 Å². The zero-order valence-corrected chi connectivity index (χ0v) is 17.9. The van der Waals surface area contributed by atoms with Gasteiger partial charge in [0.2, 0.25) is 0 Å². The molecule has 2 aromatic carbocycles. The molecule has 0 aromatic heterocycles. The zero-order chi connectivity index (χ0) is 23.0. The molecule has 0 fully saturated rings. The molecule has 2 rings (SSSR count). The lowest BCUT2D eigenvalue weighted by atomic mass is 10.2. The van der Waals surface area contributed by atoms with E-state index >= 15 is 0 Å². The molecule has 0 spiro atoms. The van der Waals surface area contributed by atoms with Crippen LogP contribution in [0.5, 0.6) is 23.0 Å². The highest BCUT2D eigenvalue weighted by Gasteiger charge is 2.18. The number of carbonyl (C=O) groups excluding carboxylic acids is 3. The summed E-state index contributed by atoms with van der Waals surface area (Å²) < 4.78 is 21.0. The maximum atomic E-state index is 12.4. The predicted molar refractivity (Wildman–Crippen MR) is 112 cm³/mol. The molecule has 0 aliphatic heterocycles. The number of methoxy groups -OCH3 is 2. The van der Waals surface area contributed by atoms with Gasteiger partial charge in [-0.15, -0.1) is 0 Å². The normalized spacial score (nSPS) is 10.1. The maximum Gasteiger partial charge on any atom is 0.269 e. The second-order valence-electron chi connectivity index (χ2n) is 5.95. The third-order valence-electron chi connectivity index (χ3n) is 3.87. The van der Waals surface area contributed by atoms with Crippen LogP contribution in [0.1, 0.15) is 27.6 Å². The highest BCUT2D eigenvalue weighted by molar-refractivity contribution is 6.32. The second-order valence-corrected chi connectivity index (χ2v) is 6.36. The van der Waals surface area contributed by atoms with Crippen molar-refractivity contribution in [1.82, 2.24) is 10.9 Å². The Labute approximate surface area is 183 Å². The summed E-state index contributed by atoms with van der Waals surface area (Å²) in [4.78, 5) is 35.7. The molecule has 0 bridgehead atoms. The van der Waals surface area contributed by atoms with Gasteiger partial charge in [-0.2, -0.15) is 0 Å². The third kappa shape index (κ3) is 6.16. The van der Waals surface area contributed by atoms with E-state index in [-0.39, 0.29) is 27.6 Å². The summed E-state index contributed by atoms with van der Waals surface area (Å²) in [6.07, 6.45) is 0. The average Bonchev–Trinajstić information content (AvgIpc) is 2.76. The van der Waals surface area contributed by atoms with Crippen LogP contribution in [0.15, 0.2) is 30.3 Å². The van der Waals surface area contributed by atoms with Gasteiger partial charge in [0, 0.05) is 11.1 Å². The second kappa shape index (κ2) is 10.9. The Balaban J connectivity index is 2.10. The van der Waals surface area contributed by atoms with Crippen LogP contribution in [-0.4, -0.2) is 45.2 Å². The van der Waals surface area contributed by atoms with Crippen molar-refractivity contribution >= 4 is 29.3 Å². The molecule has 2 aromatic rings.